The molecule has 0 radical (unpaired) electrons. The van der Waals surface area contributed by atoms with Gasteiger partial charge < -0.3 is 9.73 Å². The molecule has 1 fully saturated rings. The molecule has 1 unspecified atom stereocenters. The number of sulfone groups is 1. The Labute approximate surface area is 131 Å². The summed E-state index contributed by atoms with van der Waals surface area (Å²) in [4.78, 5) is 14.5. The third-order valence-corrected chi connectivity index (χ3v) is 6.50. The van der Waals surface area contributed by atoms with Gasteiger partial charge in [-0.15, -0.1) is 0 Å². The van der Waals surface area contributed by atoms with Crippen molar-refractivity contribution in [3.8, 4) is 0 Å². The average Bonchev–Trinajstić information content (AvgIpc) is 3.09. The number of rotatable bonds is 6. The largest absolute Gasteiger partial charge is 0.468 e. The van der Waals surface area contributed by atoms with Crippen molar-refractivity contribution in [2.75, 3.05) is 26.9 Å². The average molecular weight is 328 g/mol. The Morgan fingerprint density at radius 2 is 2.05 bits per heavy atom. The quantitative estimate of drug-likeness (QED) is 0.853. The van der Waals surface area contributed by atoms with Crippen molar-refractivity contribution in [3.05, 3.63) is 24.2 Å². The van der Waals surface area contributed by atoms with Gasteiger partial charge in [-0.1, -0.05) is 12.8 Å². The van der Waals surface area contributed by atoms with Gasteiger partial charge in [0.25, 0.3) is 0 Å². The Balaban J connectivity index is 2.11. The van der Waals surface area contributed by atoms with E-state index in [2.05, 4.69) is 5.32 Å². The topological polar surface area (TPSA) is 79.6 Å². The van der Waals surface area contributed by atoms with Crippen molar-refractivity contribution >= 4 is 15.7 Å². The first-order valence-electron chi connectivity index (χ1n) is 7.46. The van der Waals surface area contributed by atoms with Crippen LogP contribution in [0.25, 0.3) is 0 Å². The number of nitrogens with one attached hydrogen (secondary N) is 1. The standard InChI is InChI=1S/C15H24N2O4S/c1-17(2)12(13-7-6-10-21-13)11-16-14(18)15(22(3,19)20)8-4-5-9-15/h6-7,10,12H,4-5,8-9,11H2,1-3H3,(H,16,18). The predicted molar refractivity (Wildman–Crippen MR) is 84.2 cm³/mol. The molecule has 0 aromatic carbocycles. The summed E-state index contributed by atoms with van der Waals surface area (Å²) in [7, 11) is 0.346. The maximum atomic E-state index is 12.6. The van der Waals surface area contributed by atoms with E-state index in [1.807, 2.05) is 25.1 Å². The van der Waals surface area contributed by atoms with Crippen molar-refractivity contribution in [3.63, 3.8) is 0 Å². The molecule has 2 rings (SSSR count). The second kappa shape index (κ2) is 6.42. The van der Waals surface area contributed by atoms with Crippen molar-refractivity contribution < 1.29 is 17.6 Å². The third kappa shape index (κ3) is 3.20. The summed E-state index contributed by atoms with van der Waals surface area (Å²) in [5.74, 6) is 0.357. The van der Waals surface area contributed by atoms with E-state index in [1.54, 1.807) is 12.3 Å². The molecule has 22 heavy (non-hydrogen) atoms. The molecule has 1 heterocycles. The van der Waals surface area contributed by atoms with Crippen LogP contribution in [0, 0.1) is 0 Å². The Bertz CT molecular complexity index is 601. The van der Waals surface area contributed by atoms with E-state index in [9.17, 15) is 13.2 Å². The zero-order valence-electron chi connectivity index (χ0n) is 13.3. The van der Waals surface area contributed by atoms with E-state index < -0.39 is 14.6 Å². The molecule has 1 aliphatic rings. The van der Waals surface area contributed by atoms with Crippen LogP contribution < -0.4 is 5.32 Å². The molecular weight excluding hydrogens is 304 g/mol. The van der Waals surface area contributed by atoms with E-state index >= 15 is 0 Å². The van der Waals surface area contributed by atoms with Crippen molar-refractivity contribution in [2.24, 2.45) is 0 Å². The zero-order chi connectivity index (χ0) is 16.4. The molecule has 1 aromatic heterocycles. The van der Waals surface area contributed by atoms with E-state index in [4.69, 9.17) is 4.42 Å². The molecule has 1 atom stereocenters. The Hall–Kier alpha value is -1.34. The number of likely N-dealkylation sites (N-methyl/N-ethyl adjacent to an activating group) is 1. The number of hydrogen-bond acceptors (Lipinski definition) is 5. The summed E-state index contributed by atoms with van der Waals surface area (Å²) < 4.78 is 28.4. The van der Waals surface area contributed by atoms with Crippen LogP contribution >= 0.6 is 0 Å². The summed E-state index contributed by atoms with van der Waals surface area (Å²) in [6, 6.07) is 3.51. The van der Waals surface area contributed by atoms with Crippen molar-refractivity contribution in [1.82, 2.24) is 10.2 Å². The lowest BCUT2D eigenvalue weighted by Crippen LogP contribution is -2.51. The molecule has 0 saturated heterocycles. The maximum absolute atomic E-state index is 12.6. The van der Waals surface area contributed by atoms with Crippen LogP contribution in [0.5, 0.6) is 0 Å². The van der Waals surface area contributed by atoms with Crippen LogP contribution in [0.4, 0.5) is 0 Å². The minimum atomic E-state index is -3.43. The fraction of sp³-hybridized carbons (Fsp3) is 0.667. The minimum absolute atomic E-state index is 0.128. The predicted octanol–water partition coefficient (Wildman–Crippen LogP) is 1.36. The molecule has 1 aliphatic carbocycles. The highest BCUT2D eigenvalue weighted by Gasteiger charge is 2.49. The van der Waals surface area contributed by atoms with Gasteiger partial charge in [0, 0.05) is 12.8 Å². The number of carbonyl (C=O) groups is 1. The van der Waals surface area contributed by atoms with Crippen LogP contribution in [0.1, 0.15) is 37.5 Å². The molecule has 7 heteroatoms. The first-order valence-corrected chi connectivity index (χ1v) is 9.35. The monoisotopic (exact) mass is 328 g/mol. The highest BCUT2D eigenvalue weighted by Crippen LogP contribution is 2.36. The van der Waals surface area contributed by atoms with Crippen LogP contribution in [-0.4, -0.2) is 50.9 Å². The lowest BCUT2D eigenvalue weighted by atomic mass is 10.1. The number of hydrogen-bond donors (Lipinski definition) is 1. The normalized spacial score (nSPS) is 19.3. The molecule has 0 aliphatic heterocycles. The summed E-state index contributed by atoms with van der Waals surface area (Å²) in [5, 5.41) is 2.82. The highest BCUT2D eigenvalue weighted by atomic mass is 32.2. The summed E-state index contributed by atoms with van der Waals surface area (Å²) in [6.45, 7) is 0.316. The fourth-order valence-corrected chi connectivity index (χ4v) is 4.52. The number of nitrogens with zero attached hydrogens (tertiary/aromatic N) is 1. The van der Waals surface area contributed by atoms with Gasteiger partial charge >= 0.3 is 0 Å². The number of amides is 1. The lowest BCUT2D eigenvalue weighted by molar-refractivity contribution is -0.123. The van der Waals surface area contributed by atoms with Gasteiger partial charge in [0.15, 0.2) is 9.84 Å². The van der Waals surface area contributed by atoms with Gasteiger partial charge in [-0.3, -0.25) is 9.69 Å². The van der Waals surface area contributed by atoms with Crippen LogP contribution in [0.3, 0.4) is 0 Å². The van der Waals surface area contributed by atoms with E-state index in [1.165, 1.54) is 0 Å². The fourth-order valence-electron chi connectivity index (χ4n) is 3.08. The molecule has 1 aromatic rings. The highest BCUT2D eigenvalue weighted by molar-refractivity contribution is 7.92. The summed E-state index contributed by atoms with van der Waals surface area (Å²) >= 11 is 0. The SMILES string of the molecule is CN(C)C(CNC(=O)C1(S(C)(=O)=O)CCCC1)c1ccco1. The number of furan rings is 1. The summed E-state index contributed by atoms with van der Waals surface area (Å²) in [5.41, 5.74) is 0. The van der Waals surface area contributed by atoms with Gasteiger partial charge in [0.05, 0.1) is 12.3 Å². The van der Waals surface area contributed by atoms with Gasteiger partial charge in [-0.2, -0.15) is 0 Å². The van der Waals surface area contributed by atoms with Crippen molar-refractivity contribution in [1.29, 1.82) is 0 Å². The Morgan fingerprint density at radius 1 is 1.41 bits per heavy atom. The second-order valence-electron chi connectivity index (χ2n) is 6.18. The number of carbonyl (C=O) groups excluding carboxylic acids is 1. The van der Waals surface area contributed by atoms with Gasteiger partial charge in [-0.05, 0) is 39.1 Å². The molecule has 1 amide bonds. The van der Waals surface area contributed by atoms with E-state index in [0.717, 1.165) is 24.9 Å². The molecule has 1 saturated carbocycles. The smallest absolute Gasteiger partial charge is 0.241 e. The van der Waals surface area contributed by atoms with Gasteiger partial charge in [-0.25, -0.2) is 8.42 Å². The molecule has 124 valence electrons. The summed E-state index contributed by atoms with van der Waals surface area (Å²) in [6.07, 6.45) is 5.11. The van der Waals surface area contributed by atoms with Gasteiger partial charge in [0.1, 0.15) is 10.5 Å². The first-order chi connectivity index (χ1) is 10.3. The van der Waals surface area contributed by atoms with Crippen LogP contribution in [0.2, 0.25) is 0 Å². The van der Waals surface area contributed by atoms with Gasteiger partial charge in [0.2, 0.25) is 5.91 Å². The Kier molecular flexibility index (Phi) is 4.97. The molecule has 6 nitrogen and oxygen atoms in total. The molecular formula is C15H24N2O4S. The lowest BCUT2D eigenvalue weighted by Gasteiger charge is -2.28. The second-order valence-corrected chi connectivity index (χ2v) is 8.50. The van der Waals surface area contributed by atoms with Crippen LogP contribution in [0.15, 0.2) is 22.8 Å². The Morgan fingerprint density at radius 3 is 2.50 bits per heavy atom. The maximum Gasteiger partial charge on any atom is 0.241 e. The molecule has 0 bridgehead atoms. The molecule has 0 spiro atoms. The van der Waals surface area contributed by atoms with E-state index in [0.29, 0.717) is 19.4 Å². The minimum Gasteiger partial charge on any atom is -0.468 e. The van der Waals surface area contributed by atoms with E-state index in [-0.39, 0.29) is 11.9 Å². The molecule has 1 N–H and O–H groups in total. The first kappa shape index (κ1) is 17.0. The third-order valence-electron chi connectivity index (χ3n) is 4.49. The van der Waals surface area contributed by atoms with Crippen LogP contribution in [-0.2, 0) is 14.6 Å². The van der Waals surface area contributed by atoms with Crippen molar-refractivity contribution in [2.45, 2.75) is 36.5 Å². The zero-order valence-corrected chi connectivity index (χ0v) is 14.1.